The van der Waals surface area contributed by atoms with Crippen molar-refractivity contribution in [2.75, 3.05) is 0 Å². The molecule has 0 aromatic heterocycles. The van der Waals surface area contributed by atoms with Crippen LogP contribution in [0.4, 0.5) is 0 Å². The minimum Gasteiger partial charge on any atom is 0 e. The van der Waals surface area contributed by atoms with E-state index >= 15 is 0 Å². The molecule has 0 bridgehead atoms. The van der Waals surface area contributed by atoms with Crippen molar-refractivity contribution in [1.29, 1.82) is 0 Å². The third kappa shape index (κ3) is 914. The first kappa shape index (κ1) is 1360. The van der Waals surface area contributed by atoms with Gasteiger partial charge in [-0.3, -0.25) is 0 Å². The Hall–Kier alpha value is 1.38. The molecule has 0 nitrogen and oxygen atoms in total. The van der Waals surface area contributed by atoms with Crippen LogP contribution in [0.5, 0.6) is 0 Å². The zero-order valence-electron chi connectivity index (χ0n) is 7.93. The maximum Gasteiger partial charge on any atom is 0 e. The van der Waals surface area contributed by atoms with Gasteiger partial charge in [-0.2, -0.15) is 0 Å². The topological polar surface area (TPSA) is 0 Å². The maximum atomic E-state index is 0. The number of hydrogen-bond donors (Lipinski definition) is 0. The van der Waals surface area contributed by atoms with Gasteiger partial charge in [0.05, 0.1) is 0 Å². The fourth-order valence-corrected chi connectivity index (χ4v) is 0. The van der Waals surface area contributed by atoms with Gasteiger partial charge in [-0.15, -0.1) is 0 Å². The van der Waals surface area contributed by atoms with Crippen LogP contribution in [0.1, 0.15) is 0 Å². The standard InChI is InChI=1S/12B.Li. The predicted molar refractivity (Wildman–Crippen MR) is 74.8 cm³/mol. The molecule has 0 amide bonds. The SMILES string of the molecule is [B].[B].[B].[B].[B].[B].[B].[B].[B].[B].[B].[B].[Li]. The van der Waals surface area contributed by atoms with Gasteiger partial charge in [0.15, 0.2) is 0 Å². The molecular formula is B12Li. The van der Waals surface area contributed by atoms with Crippen LogP contribution in [-0.4, -0.2) is 120 Å². The molecule has 0 N–H and O–H groups in total. The smallest absolute Gasteiger partial charge is 0 e. The molecule has 0 saturated heterocycles. The molecule has 0 aliphatic carbocycles. The summed E-state index contributed by atoms with van der Waals surface area (Å²) in [4.78, 5) is 0. The Morgan fingerprint density at radius 1 is 0.154 bits per heavy atom. The van der Waals surface area contributed by atoms with Crippen molar-refractivity contribution in [2.45, 2.75) is 0 Å². The summed E-state index contributed by atoms with van der Waals surface area (Å²) >= 11 is 0. The summed E-state index contributed by atoms with van der Waals surface area (Å²) in [7, 11) is 0. The Labute approximate surface area is 120 Å². The first-order valence-corrected chi connectivity index (χ1v) is 0. The first-order valence-electron chi connectivity index (χ1n) is 0. The van der Waals surface area contributed by atoms with Crippen LogP contribution in [0, 0.1) is 0 Å². The zero-order valence-corrected chi connectivity index (χ0v) is 7.93. The molecule has 0 aliphatic rings. The normalized spacial score (nSPS) is 0. The summed E-state index contributed by atoms with van der Waals surface area (Å²) in [5, 5.41) is 0. The second-order valence-corrected chi connectivity index (χ2v) is 0. The minimum atomic E-state index is 0. The molecular weight excluding hydrogens is 137 g/mol. The van der Waals surface area contributed by atoms with Crippen LogP contribution < -0.4 is 0 Å². The molecule has 0 fully saturated rings. The van der Waals surface area contributed by atoms with Crippen molar-refractivity contribution >= 4 is 120 Å². The molecule has 13 heavy (non-hydrogen) atoms. The van der Waals surface area contributed by atoms with Gasteiger partial charge in [0, 0.05) is 120 Å². The molecule has 0 unspecified atom stereocenters. The molecule has 0 rings (SSSR count). The average Bonchev–Trinajstić information content (AvgIpc) is 0. The van der Waals surface area contributed by atoms with Gasteiger partial charge in [-0.05, 0) is 0 Å². The quantitative estimate of drug-likeness (QED) is 0.293. The Balaban J connectivity index is 0. The molecule has 0 atom stereocenters. The van der Waals surface area contributed by atoms with E-state index in [9.17, 15) is 0 Å². The van der Waals surface area contributed by atoms with E-state index in [0.29, 0.717) is 0 Å². The molecule has 0 aromatic carbocycles. The number of rotatable bonds is 0. The average molecular weight is 137 g/mol. The minimum absolute atomic E-state index is 0. The van der Waals surface area contributed by atoms with Crippen LogP contribution in [0.2, 0.25) is 0 Å². The van der Waals surface area contributed by atoms with Crippen LogP contribution in [0.25, 0.3) is 0 Å². The largest absolute Gasteiger partial charge is 0 e. The van der Waals surface area contributed by atoms with Crippen LogP contribution in [0.15, 0.2) is 0 Å². The summed E-state index contributed by atoms with van der Waals surface area (Å²) in [6.45, 7) is 0. The third-order valence-corrected chi connectivity index (χ3v) is 0. The second kappa shape index (κ2) is 1080. The van der Waals surface area contributed by atoms with Gasteiger partial charge in [0.2, 0.25) is 0 Å². The summed E-state index contributed by atoms with van der Waals surface area (Å²) in [6, 6.07) is 0. The van der Waals surface area contributed by atoms with E-state index in [-0.39, 0.29) is 120 Å². The van der Waals surface area contributed by atoms with Gasteiger partial charge in [-0.25, -0.2) is 0 Å². The second-order valence-electron chi connectivity index (χ2n) is 0. The summed E-state index contributed by atoms with van der Waals surface area (Å²) in [6.07, 6.45) is 0. The van der Waals surface area contributed by atoms with E-state index in [1.165, 1.54) is 0 Å². The van der Waals surface area contributed by atoms with Gasteiger partial charge < -0.3 is 0 Å². The monoisotopic (exact) mass is 139 g/mol. The van der Waals surface area contributed by atoms with Gasteiger partial charge in [0.25, 0.3) is 0 Å². The fourth-order valence-electron chi connectivity index (χ4n) is 0. The van der Waals surface area contributed by atoms with Gasteiger partial charge in [0.1, 0.15) is 0 Å². The Morgan fingerprint density at radius 2 is 0.154 bits per heavy atom. The van der Waals surface area contributed by atoms with Crippen molar-refractivity contribution in [1.82, 2.24) is 0 Å². The predicted octanol–water partition coefficient (Wildman–Crippen LogP) is -4.95. The Morgan fingerprint density at radius 3 is 0.154 bits per heavy atom. The maximum absolute atomic E-state index is 0. The van der Waals surface area contributed by atoms with Crippen molar-refractivity contribution in [3.63, 3.8) is 0 Å². The third-order valence-electron chi connectivity index (χ3n) is 0. The van der Waals surface area contributed by atoms with Gasteiger partial charge in [-0.1, -0.05) is 0 Å². The fraction of sp³-hybridized carbons (Fsp3) is 0. The van der Waals surface area contributed by atoms with Crippen LogP contribution >= 0.6 is 0 Å². The summed E-state index contributed by atoms with van der Waals surface area (Å²) < 4.78 is 0. The van der Waals surface area contributed by atoms with Crippen LogP contribution in [-0.2, 0) is 0 Å². The molecule has 37 radical (unpaired) electrons. The molecule has 0 aliphatic heterocycles. The van der Waals surface area contributed by atoms with E-state index < -0.39 is 0 Å². The first-order chi connectivity index (χ1) is 0. The summed E-state index contributed by atoms with van der Waals surface area (Å²) in [5.41, 5.74) is 0. The van der Waals surface area contributed by atoms with E-state index in [1.807, 2.05) is 0 Å². The Bertz CT molecular complexity index is 5.09. The zero-order chi connectivity index (χ0) is 0. The van der Waals surface area contributed by atoms with E-state index in [4.69, 9.17) is 0 Å². The van der Waals surface area contributed by atoms with Crippen molar-refractivity contribution in [3.8, 4) is 0 Å². The molecule has 0 heterocycles. The van der Waals surface area contributed by atoms with Crippen molar-refractivity contribution in [2.24, 2.45) is 0 Å². The van der Waals surface area contributed by atoms with E-state index in [1.54, 1.807) is 0 Å². The summed E-state index contributed by atoms with van der Waals surface area (Å²) in [5.74, 6) is 0. The van der Waals surface area contributed by atoms with E-state index in [2.05, 4.69) is 0 Å². The molecule has 0 spiro atoms. The van der Waals surface area contributed by atoms with E-state index in [0.717, 1.165) is 0 Å². The molecule has 37 valence electrons. The Kier molecular flexibility index (Phi) is 113000. The molecule has 0 aromatic rings. The number of hydrogen-bond acceptors (Lipinski definition) is 0. The molecule has 13 heteroatoms. The van der Waals surface area contributed by atoms with Crippen molar-refractivity contribution < 1.29 is 0 Å². The van der Waals surface area contributed by atoms with Crippen molar-refractivity contribution in [3.05, 3.63) is 0 Å². The van der Waals surface area contributed by atoms with Crippen LogP contribution in [0.3, 0.4) is 0 Å². The molecule has 0 saturated carbocycles. The van der Waals surface area contributed by atoms with Gasteiger partial charge >= 0.3 is 0 Å².